The number of aryl methyl sites for hydroxylation is 2. The van der Waals surface area contributed by atoms with E-state index in [1.165, 1.54) is 23.5 Å². The monoisotopic (exact) mass is 491 g/mol. The Morgan fingerprint density at radius 2 is 1.97 bits per heavy atom. The van der Waals surface area contributed by atoms with Gasteiger partial charge in [-0.05, 0) is 43.7 Å². The number of ether oxygens (including phenoxy) is 1. The molecule has 30 heavy (non-hydrogen) atoms. The molecule has 6 nitrogen and oxygen atoms in total. The zero-order valence-corrected chi connectivity index (χ0v) is 18.8. The van der Waals surface area contributed by atoms with Gasteiger partial charge in [0.15, 0.2) is 0 Å². The van der Waals surface area contributed by atoms with E-state index in [-0.39, 0.29) is 11.5 Å². The van der Waals surface area contributed by atoms with E-state index in [1.54, 1.807) is 11.0 Å². The van der Waals surface area contributed by atoms with Gasteiger partial charge in [0.25, 0.3) is 11.8 Å². The van der Waals surface area contributed by atoms with Gasteiger partial charge in [0.05, 0.1) is 24.5 Å². The van der Waals surface area contributed by atoms with Crippen molar-refractivity contribution in [2.45, 2.75) is 13.8 Å². The lowest BCUT2D eigenvalue weighted by Gasteiger charge is -2.26. The number of anilines is 1. The first-order valence-corrected chi connectivity index (χ1v) is 11.0. The molecule has 0 radical (unpaired) electrons. The van der Waals surface area contributed by atoms with E-state index in [0.717, 1.165) is 11.3 Å². The number of thiophene rings is 1. The molecule has 1 fully saturated rings. The highest BCUT2D eigenvalue weighted by Gasteiger charge is 2.28. The summed E-state index contributed by atoms with van der Waals surface area (Å²) in [7, 11) is 0. The first-order chi connectivity index (χ1) is 14.3. The van der Waals surface area contributed by atoms with Gasteiger partial charge in [0, 0.05) is 28.6 Å². The van der Waals surface area contributed by atoms with Crippen LogP contribution in [0, 0.1) is 19.7 Å². The van der Waals surface area contributed by atoms with E-state index < -0.39 is 11.7 Å². The summed E-state index contributed by atoms with van der Waals surface area (Å²) in [6.45, 7) is 5.69. The normalized spacial score (nSPS) is 14.2. The van der Waals surface area contributed by atoms with Crippen LogP contribution in [-0.4, -0.2) is 48.0 Å². The van der Waals surface area contributed by atoms with E-state index >= 15 is 0 Å². The average Bonchev–Trinajstić information content (AvgIpc) is 3.06. The van der Waals surface area contributed by atoms with Gasteiger partial charge < -0.3 is 15.0 Å². The minimum Gasteiger partial charge on any atom is -0.378 e. The van der Waals surface area contributed by atoms with Crippen molar-refractivity contribution in [3.05, 3.63) is 56.3 Å². The molecule has 0 unspecified atom stereocenters. The molecule has 1 aromatic carbocycles. The number of rotatable bonds is 3. The topological polar surface area (TPSA) is 71.5 Å². The second-order valence-corrected chi connectivity index (χ2v) is 8.96. The number of carbonyl (C=O) groups is 2. The molecular weight excluding hydrogens is 473 g/mol. The van der Waals surface area contributed by atoms with Crippen LogP contribution in [0.2, 0.25) is 0 Å². The number of hydrogen-bond acceptors (Lipinski definition) is 5. The van der Waals surface area contributed by atoms with Gasteiger partial charge >= 0.3 is 0 Å². The van der Waals surface area contributed by atoms with Crippen molar-refractivity contribution < 1.29 is 18.7 Å². The molecule has 156 valence electrons. The Morgan fingerprint density at radius 3 is 2.67 bits per heavy atom. The molecule has 2 aromatic heterocycles. The first-order valence-electron chi connectivity index (χ1n) is 9.39. The smallest absolute Gasteiger partial charge is 0.266 e. The summed E-state index contributed by atoms with van der Waals surface area (Å²) in [4.78, 5) is 33.4. The van der Waals surface area contributed by atoms with Crippen molar-refractivity contribution in [1.82, 2.24) is 9.88 Å². The zero-order valence-electron chi connectivity index (χ0n) is 16.4. The number of hydrogen-bond donors (Lipinski definition) is 1. The van der Waals surface area contributed by atoms with Crippen molar-refractivity contribution in [3.63, 3.8) is 0 Å². The Hall–Kier alpha value is -2.36. The van der Waals surface area contributed by atoms with Crippen LogP contribution in [0.5, 0.6) is 0 Å². The summed E-state index contributed by atoms with van der Waals surface area (Å²) in [5, 5.41) is 3.49. The van der Waals surface area contributed by atoms with Gasteiger partial charge in [0.1, 0.15) is 15.5 Å². The van der Waals surface area contributed by atoms with Gasteiger partial charge in [-0.3, -0.25) is 9.59 Å². The van der Waals surface area contributed by atoms with Crippen LogP contribution >= 0.6 is 27.3 Å². The van der Waals surface area contributed by atoms with Gasteiger partial charge in [-0.15, -0.1) is 11.3 Å². The van der Waals surface area contributed by atoms with Gasteiger partial charge in [-0.1, -0.05) is 15.9 Å². The predicted octanol–water partition coefficient (Wildman–Crippen LogP) is 4.54. The lowest BCUT2D eigenvalue weighted by Crippen LogP contribution is -2.40. The zero-order chi connectivity index (χ0) is 21.4. The number of carbonyl (C=O) groups excluding carboxylic acids is 2. The molecule has 0 aliphatic carbocycles. The molecule has 1 saturated heterocycles. The van der Waals surface area contributed by atoms with Crippen molar-refractivity contribution in [2.75, 3.05) is 31.6 Å². The summed E-state index contributed by atoms with van der Waals surface area (Å²) in [6, 6.07) is 6.13. The molecule has 4 rings (SSSR count). The van der Waals surface area contributed by atoms with Crippen LogP contribution in [0.15, 0.2) is 28.7 Å². The van der Waals surface area contributed by atoms with Crippen molar-refractivity contribution in [3.8, 4) is 0 Å². The third kappa shape index (κ3) is 3.97. The lowest BCUT2D eigenvalue weighted by atomic mass is 10.1. The van der Waals surface area contributed by atoms with Crippen LogP contribution in [-0.2, 0) is 4.74 Å². The summed E-state index contributed by atoms with van der Waals surface area (Å²) in [5.41, 5.74) is 1.99. The second-order valence-electron chi connectivity index (χ2n) is 7.05. The van der Waals surface area contributed by atoms with Crippen LogP contribution in [0.4, 0.5) is 10.1 Å². The van der Waals surface area contributed by atoms with E-state index in [1.807, 2.05) is 19.9 Å². The molecule has 1 aliphatic rings. The molecular formula is C21H19BrFN3O3S. The van der Waals surface area contributed by atoms with Crippen molar-refractivity contribution >= 4 is 55.0 Å². The summed E-state index contributed by atoms with van der Waals surface area (Å²) < 4.78 is 20.2. The Bertz CT molecular complexity index is 1160. The number of nitrogens with zero attached hydrogens (tertiary/aromatic N) is 2. The molecule has 0 spiro atoms. The highest BCUT2D eigenvalue weighted by Crippen LogP contribution is 2.38. The number of fused-ring (bicyclic) bond motifs is 1. The summed E-state index contributed by atoms with van der Waals surface area (Å²) in [6.07, 6.45) is 0. The molecule has 0 saturated carbocycles. The van der Waals surface area contributed by atoms with E-state index in [4.69, 9.17) is 4.74 Å². The molecule has 0 bridgehead atoms. The third-order valence-electron chi connectivity index (χ3n) is 4.89. The van der Waals surface area contributed by atoms with Crippen molar-refractivity contribution in [2.24, 2.45) is 0 Å². The maximum absolute atomic E-state index is 14.3. The maximum Gasteiger partial charge on any atom is 0.266 e. The number of amides is 2. The number of nitrogens with one attached hydrogen (secondary N) is 1. The average molecular weight is 492 g/mol. The van der Waals surface area contributed by atoms with Crippen molar-refractivity contribution in [1.29, 1.82) is 0 Å². The van der Waals surface area contributed by atoms with Crippen LogP contribution < -0.4 is 5.32 Å². The van der Waals surface area contributed by atoms with E-state index in [9.17, 15) is 14.0 Å². The highest BCUT2D eigenvalue weighted by atomic mass is 79.9. The number of morpholine rings is 1. The third-order valence-corrected chi connectivity index (χ3v) is 6.46. The molecule has 9 heteroatoms. The number of aromatic nitrogens is 1. The lowest BCUT2D eigenvalue weighted by molar-refractivity contribution is 0.0307. The van der Waals surface area contributed by atoms with Crippen LogP contribution in [0.3, 0.4) is 0 Å². The van der Waals surface area contributed by atoms with Crippen LogP contribution in [0.25, 0.3) is 10.2 Å². The van der Waals surface area contributed by atoms with Gasteiger partial charge in [-0.25, -0.2) is 9.37 Å². The number of pyridine rings is 1. The number of benzene rings is 1. The van der Waals surface area contributed by atoms with E-state index in [0.29, 0.717) is 51.6 Å². The molecule has 1 N–H and O–H groups in total. The first kappa shape index (κ1) is 20.9. The Labute approximate surface area is 185 Å². The molecule has 3 heterocycles. The predicted molar refractivity (Wildman–Crippen MR) is 118 cm³/mol. The molecule has 0 atom stereocenters. The quantitative estimate of drug-likeness (QED) is 0.583. The Morgan fingerprint density at radius 1 is 1.23 bits per heavy atom. The second kappa shape index (κ2) is 8.41. The van der Waals surface area contributed by atoms with Gasteiger partial charge in [0.2, 0.25) is 0 Å². The minimum absolute atomic E-state index is 0.0972. The fourth-order valence-corrected chi connectivity index (χ4v) is 5.03. The SMILES string of the molecule is Cc1cc(C)c2c(NC(=O)c3ccc(Br)cc3F)c(C(=O)N3CCOCC3)sc2n1. The minimum atomic E-state index is -0.645. The fraction of sp³-hybridized carbons (Fsp3) is 0.286. The Balaban J connectivity index is 1.79. The molecule has 3 aromatic rings. The van der Waals surface area contributed by atoms with Gasteiger partial charge in [-0.2, -0.15) is 0 Å². The molecule has 1 aliphatic heterocycles. The number of halogens is 2. The fourth-order valence-electron chi connectivity index (χ4n) is 3.48. The maximum atomic E-state index is 14.3. The van der Waals surface area contributed by atoms with E-state index in [2.05, 4.69) is 26.2 Å². The van der Waals surface area contributed by atoms with Crippen LogP contribution in [0.1, 0.15) is 31.3 Å². The summed E-state index contributed by atoms with van der Waals surface area (Å²) in [5.74, 6) is -1.45. The molecule has 2 amide bonds. The highest BCUT2D eigenvalue weighted by molar-refractivity contribution is 9.10. The Kier molecular flexibility index (Phi) is 5.86. The standard InChI is InChI=1S/C21H19BrFN3O3S/c1-11-9-12(2)24-20-16(11)17(18(30-20)21(28)26-5-7-29-8-6-26)25-19(27)14-4-3-13(22)10-15(14)23/h3-4,9-10H,5-8H2,1-2H3,(H,25,27). The largest absolute Gasteiger partial charge is 0.378 e. The summed E-state index contributed by atoms with van der Waals surface area (Å²) >= 11 is 4.43.